The van der Waals surface area contributed by atoms with Crippen molar-refractivity contribution in [2.75, 3.05) is 5.32 Å². The Bertz CT molecular complexity index is 649. The van der Waals surface area contributed by atoms with E-state index in [1.165, 1.54) is 18.5 Å². The Balaban J connectivity index is 1.99. The molecule has 3 rings (SSSR count). The molecule has 0 saturated heterocycles. The molecule has 1 aromatic heterocycles. The van der Waals surface area contributed by atoms with E-state index in [4.69, 9.17) is 0 Å². The Morgan fingerprint density at radius 1 is 1.37 bits per heavy atom. The summed E-state index contributed by atoms with van der Waals surface area (Å²) in [5.74, 6) is 0.239. The SMILES string of the molecule is O=C1C[C@@H](c2ccc([N+](=O)[O-])cc2)n2ncnc2N1. The highest BCUT2D eigenvalue weighted by molar-refractivity contribution is 5.91. The van der Waals surface area contributed by atoms with Gasteiger partial charge in [0.2, 0.25) is 11.9 Å². The monoisotopic (exact) mass is 259 g/mol. The van der Waals surface area contributed by atoms with E-state index in [1.807, 2.05) is 0 Å². The largest absolute Gasteiger partial charge is 0.295 e. The number of carbonyl (C=O) groups is 1. The molecule has 1 aliphatic rings. The van der Waals surface area contributed by atoms with Crippen LogP contribution in [-0.2, 0) is 4.79 Å². The highest BCUT2D eigenvalue weighted by Crippen LogP contribution is 2.29. The number of non-ortho nitro benzene ring substituents is 1. The average molecular weight is 259 g/mol. The van der Waals surface area contributed by atoms with Gasteiger partial charge >= 0.3 is 0 Å². The Labute approximate surface area is 107 Å². The van der Waals surface area contributed by atoms with Crippen molar-refractivity contribution in [3.63, 3.8) is 0 Å². The third-order valence-corrected chi connectivity index (χ3v) is 2.99. The summed E-state index contributed by atoms with van der Waals surface area (Å²) in [5.41, 5.74) is 0.801. The molecule has 8 heteroatoms. The molecule has 0 aliphatic carbocycles. The summed E-state index contributed by atoms with van der Waals surface area (Å²) in [7, 11) is 0. The van der Waals surface area contributed by atoms with E-state index < -0.39 is 4.92 Å². The van der Waals surface area contributed by atoms with Crippen molar-refractivity contribution in [2.45, 2.75) is 12.5 Å². The van der Waals surface area contributed by atoms with E-state index in [0.29, 0.717) is 5.95 Å². The maximum atomic E-state index is 11.6. The van der Waals surface area contributed by atoms with Crippen LogP contribution in [0.1, 0.15) is 18.0 Å². The Kier molecular flexibility index (Phi) is 2.48. The molecule has 0 radical (unpaired) electrons. The van der Waals surface area contributed by atoms with Crippen LogP contribution in [0.2, 0.25) is 0 Å². The summed E-state index contributed by atoms with van der Waals surface area (Å²) in [6, 6.07) is 5.81. The number of hydrogen-bond donors (Lipinski definition) is 1. The molecular formula is C11H9N5O3. The fourth-order valence-corrected chi connectivity index (χ4v) is 2.08. The molecule has 96 valence electrons. The van der Waals surface area contributed by atoms with E-state index in [2.05, 4.69) is 15.4 Å². The van der Waals surface area contributed by atoms with Gasteiger partial charge in [-0.3, -0.25) is 20.2 Å². The molecule has 1 amide bonds. The number of fused-ring (bicyclic) bond motifs is 1. The van der Waals surface area contributed by atoms with Gasteiger partial charge in [-0.15, -0.1) is 0 Å². The van der Waals surface area contributed by atoms with Gasteiger partial charge in [-0.2, -0.15) is 10.1 Å². The molecule has 0 saturated carbocycles. The number of hydrogen-bond acceptors (Lipinski definition) is 5. The van der Waals surface area contributed by atoms with Crippen molar-refractivity contribution in [1.29, 1.82) is 0 Å². The van der Waals surface area contributed by atoms with E-state index in [9.17, 15) is 14.9 Å². The average Bonchev–Trinajstić information content (AvgIpc) is 2.85. The molecule has 8 nitrogen and oxygen atoms in total. The first kappa shape index (κ1) is 11.3. The summed E-state index contributed by atoms with van der Waals surface area (Å²) in [4.78, 5) is 25.7. The summed E-state index contributed by atoms with van der Waals surface area (Å²) in [6.45, 7) is 0. The molecular weight excluding hydrogens is 250 g/mol. The van der Waals surface area contributed by atoms with Crippen molar-refractivity contribution in [2.24, 2.45) is 0 Å². The van der Waals surface area contributed by atoms with Crippen molar-refractivity contribution in [3.8, 4) is 0 Å². The molecule has 2 aromatic rings. The van der Waals surface area contributed by atoms with Gasteiger partial charge in [0.25, 0.3) is 5.69 Å². The minimum Gasteiger partial charge on any atom is -0.295 e. The lowest BCUT2D eigenvalue weighted by atomic mass is 10.0. The van der Waals surface area contributed by atoms with E-state index in [-0.39, 0.29) is 24.1 Å². The smallest absolute Gasteiger partial charge is 0.269 e. The number of amides is 1. The van der Waals surface area contributed by atoms with Gasteiger partial charge in [0, 0.05) is 12.1 Å². The van der Waals surface area contributed by atoms with E-state index in [0.717, 1.165) is 5.56 Å². The first-order valence-corrected chi connectivity index (χ1v) is 5.59. The molecule has 0 unspecified atom stereocenters. The Hall–Kier alpha value is -2.77. The molecule has 19 heavy (non-hydrogen) atoms. The zero-order valence-corrected chi connectivity index (χ0v) is 9.68. The maximum absolute atomic E-state index is 11.6. The molecule has 1 N–H and O–H groups in total. The van der Waals surface area contributed by atoms with E-state index >= 15 is 0 Å². The van der Waals surface area contributed by atoms with Crippen LogP contribution in [-0.4, -0.2) is 25.6 Å². The minimum atomic E-state index is -0.460. The standard InChI is InChI=1S/C11H9N5O3/c17-10-5-9(15-11(14-10)12-6-13-15)7-1-3-8(4-2-7)16(18)19/h1-4,6,9H,5H2,(H,12,13,14,17)/t9-/m0/s1. The second-order valence-corrected chi connectivity index (χ2v) is 4.14. The number of aromatic nitrogens is 3. The van der Waals surface area contributed by atoms with Crippen LogP contribution in [0.4, 0.5) is 11.6 Å². The van der Waals surface area contributed by atoms with Crippen molar-refractivity contribution < 1.29 is 9.72 Å². The number of nitrogens with one attached hydrogen (secondary N) is 1. The van der Waals surface area contributed by atoms with Gasteiger partial charge < -0.3 is 0 Å². The van der Waals surface area contributed by atoms with Crippen LogP contribution < -0.4 is 5.32 Å². The van der Waals surface area contributed by atoms with Gasteiger partial charge in [0.1, 0.15) is 6.33 Å². The Morgan fingerprint density at radius 2 is 2.11 bits per heavy atom. The number of benzene rings is 1. The molecule has 0 bridgehead atoms. The maximum Gasteiger partial charge on any atom is 0.269 e. The predicted molar refractivity (Wildman–Crippen MR) is 64.5 cm³/mol. The van der Waals surface area contributed by atoms with Gasteiger partial charge in [-0.25, -0.2) is 4.68 Å². The summed E-state index contributed by atoms with van der Waals surface area (Å²) in [6.07, 6.45) is 1.59. The van der Waals surface area contributed by atoms with Crippen LogP contribution in [0.5, 0.6) is 0 Å². The molecule has 1 aromatic carbocycles. The fraction of sp³-hybridized carbons (Fsp3) is 0.182. The second-order valence-electron chi connectivity index (χ2n) is 4.14. The summed E-state index contributed by atoms with van der Waals surface area (Å²) < 4.78 is 1.60. The predicted octanol–water partition coefficient (Wildman–Crippen LogP) is 1.12. The zero-order chi connectivity index (χ0) is 13.4. The van der Waals surface area contributed by atoms with Gasteiger partial charge in [0.15, 0.2) is 0 Å². The molecule has 2 heterocycles. The summed E-state index contributed by atoms with van der Waals surface area (Å²) in [5, 5.41) is 17.3. The molecule has 0 spiro atoms. The van der Waals surface area contributed by atoms with E-state index in [1.54, 1.807) is 16.8 Å². The van der Waals surface area contributed by atoms with Crippen molar-refractivity contribution in [1.82, 2.24) is 14.8 Å². The van der Waals surface area contributed by atoms with Crippen LogP contribution >= 0.6 is 0 Å². The quantitative estimate of drug-likeness (QED) is 0.643. The lowest BCUT2D eigenvalue weighted by molar-refractivity contribution is -0.384. The van der Waals surface area contributed by atoms with Crippen LogP contribution in [0.3, 0.4) is 0 Å². The first-order chi connectivity index (χ1) is 9.15. The number of rotatable bonds is 2. The van der Waals surface area contributed by atoms with Crippen molar-refractivity contribution in [3.05, 3.63) is 46.3 Å². The van der Waals surface area contributed by atoms with Gasteiger partial charge in [-0.1, -0.05) is 12.1 Å². The number of nitro benzene ring substituents is 1. The number of anilines is 1. The third-order valence-electron chi connectivity index (χ3n) is 2.99. The number of nitrogens with zero attached hydrogens (tertiary/aromatic N) is 4. The Morgan fingerprint density at radius 3 is 2.79 bits per heavy atom. The lowest BCUT2D eigenvalue weighted by Crippen LogP contribution is -2.29. The lowest BCUT2D eigenvalue weighted by Gasteiger charge is -2.23. The highest BCUT2D eigenvalue weighted by atomic mass is 16.6. The van der Waals surface area contributed by atoms with Gasteiger partial charge in [0.05, 0.1) is 17.4 Å². The highest BCUT2D eigenvalue weighted by Gasteiger charge is 2.27. The van der Waals surface area contributed by atoms with Crippen LogP contribution in [0.25, 0.3) is 0 Å². The number of nitro groups is 1. The first-order valence-electron chi connectivity index (χ1n) is 5.59. The zero-order valence-electron chi connectivity index (χ0n) is 9.68. The fourth-order valence-electron chi connectivity index (χ4n) is 2.08. The second kappa shape index (κ2) is 4.16. The molecule has 0 fully saturated rings. The molecule has 1 aliphatic heterocycles. The van der Waals surface area contributed by atoms with Crippen LogP contribution in [0.15, 0.2) is 30.6 Å². The van der Waals surface area contributed by atoms with Crippen LogP contribution in [0, 0.1) is 10.1 Å². The topological polar surface area (TPSA) is 103 Å². The minimum absolute atomic E-state index is 0.0165. The van der Waals surface area contributed by atoms with Crippen molar-refractivity contribution >= 4 is 17.5 Å². The third kappa shape index (κ3) is 1.92. The summed E-state index contributed by atoms with van der Waals surface area (Å²) >= 11 is 0. The molecule has 1 atom stereocenters. The number of carbonyl (C=O) groups excluding carboxylic acids is 1. The normalized spacial score (nSPS) is 17.7. The van der Waals surface area contributed by atoms with Gasteiger partial charge in [-0.05, 0) is 5.56 Å².